The molecular formula is C28H17F5N4. The first-order valence-electron chi connectivity index (χ1n) is 11.3. The zero-order valence-corrected chi connectivity index (χ0v) is 19.2. The molecule has 0 aliphatic heterocycles. The third-order valence-electron chi connectivity index (χ3n) is 6.29. The molecule has 0 aliphatic carbocycles. The van der Waals surface area contributed by atoms with Gasteiger partial charge in [-0.2, -0.15) is 13.2 Å². The topological polar surface area (TPSA) is 46.0 Å². The van der Waals surface area contributed by atoms with Crippen LogP contribution in [0.5, 0.6) is 0 Å². The van der Waals surface area contributed by atoms with Gasteiger partial charge in [0, 0.05) is 17.3 Å². The Labute approximate surface area is 207 Å². The van der Waals surface area contributed by atoms with Gasteiger partial charge in [-0.3, -0.25) is 4.40 Å². The number of aryl methyl sites for hydroxylation is 1. The Morgan fingerprint density at radius 3 is 2.49 bits per heavy atom. The number of benzene rings is 3. The molecule has 0 saturated carbocycles. The predicted octanol–water partition coefficient (Wildman–Crippen LogP) is 7.82. The van der Waals surface area contributed by atoms with Crippen molar-refractivity contribution in [1.29, 1.82) is 0 Å². The van der Waals surface area contributed by atoms with E-state index in [9.17, 15) is 22.0 Å². The highest BCUT2D eigenvalue weighted by molar-refractivity contribution is 5.86. The lowest BCUT2D eigenvalue weighted by Gasteiger charge is -2.14. The number of aromatic nitrogens is 4. The lowest BCUT2D eigenvalue weighted by atomic mass is 9.98. The maximum absolute atomic E-state index is 14.5. The molecule has 0 radical (unpaired) electrons. The van der Waals surface area contributed by atoms with Gasteiger partial charge in [-0.25, -0.2) is 18.7 Å². The normalized spacial score (nSPS) is 12.1. The number of halogens is 5. The van der Waals surface area contributed by atoms with Crippen LogP contribution >= 0.6 is 0 Å². The van der Waals surface area contributed by atoms with Crippen molar-refractivity contribution >= 4 is 16.6 Å². The molecule has 3 heterocycles. The summed E-state index contributed by atoms with van der Waals surface area (Å²) in [5.74, 6) is -1.76. The van der Waals surface area contributed by atoms with Crippen LogP contribution in [0.4, 0.5) is 22.0 Å². The molecule has 0 spiro atoms. The molecule has 0 unspecified atom stereocenters. The molecule has 0 bridgehead atoms. The van der Waals surface area contributed by atoms with E-state index in [1.807, 2.05) is 19.1 Å². The molecule has 6 rings (SSSR count). The summed E-state index contributed by atoms with van der Waals surface area (Å²) in [7, 11) is 0. The summed E-state index contributed by atoms with van der Waals surface area (Å²) in [5.41, 5.74) is 2.76. The summed E-state index contributed by atoms with van der Waals surface area (Å²) in [6, 6.07) is 16.5. The molecule has 37 heavy (non-hydrogen) atoms. The molecule has 3 aromatic heterocycles. The minimum atomic E-state index is -4.60. The average Bonchev–Trinajstić information content (AvgIpc) is 3.49. The van der Waals surface area contributed by atoms with Crippen molar-refractivity contribution in [2.24, 2.45) is 0 Å². The summed E-state index contributed by atoms with van der Waals surface area (Å²) in [6.07, 6.45) is -1.48. The Kier molecular flexibility index (Phi) is 5.11. The number of rotatable bonds is 3. The molecule has 0 saturated heterocycles. The molecule has 9 heteroatoms. The van der Waals surface area contributed by atoms with Crippen molar-refractivity contribution in [2.45, 2.75) is 13.1 Å². The van der Waals surface area contributed by atoms with Crippen LogP contribution in [0, 0.1) is 18.6 Å². The van der Waals surface area contributed by atoms with E-state index in [1.165, 1.54) is 30.5 Å². The fraction of sp³-hybridized carbons (Fsp3) is 0.0714. The van der Waals surface area contributed by atoms with E-state index in [-0.39, 0.29) is 22.8 Å². The van der Waals surface area contributed by atoms with E-state index in [1.54, 1.807) is 28.8 Å². The molecule has 0 fully saturated rings. The standard InChI is InChI=1S/C28H17F5N4/c1-15-7-10-22-23(12-15)36-26(35-22)19-13-16(8-9-20(19)28(31,32)33)17-5-3-11-37-24(17)14-34-27(37)18-4-2-6-21(29)25(18)30/h2-14H,1H3,(H,35,36). The summed E-state index contributed by atoms with van der Waals surface area (Å²) < 4.78 is 71.8. The van der Waals surface area contributed by atoms with E-state index in [0.29, 0.717) is 27.7 Å². The number of pyridine rings is 1. The van der Waals surface area contributed by atoms with Crippen molar-refractivity contribution in [3.8, 4) is 33.9 Å². The van der Waals surface area contributed by atoms with Crippen LogP contribution < -0.4 is 0 Å². The Bertz CT molecular complexity index is 1810. The van der Waals surface area contributed by atoms with Crippen molar-refractivity contribution in [3.05, 3.63) is 102 Å². The van der Waals surface area contributed by atoms with Crippen molar-refractivity contribution in [3.63, 3.8) is 0 Å². The number of nitrogens with one attached hydrogen (secondary N) is 1. The molecule has 3 aromatic carbocycles. The number of fused-ring (bicyclic) bond motifs is 2. The maximum atomic E-state index is 14.5. The number of imidazole rings is 2. The summed E-state index contributed by atoms with van der Waals surface area (Å²) in [5, 5.41) is 0. The van der Waals surface area contributed by atoms with Crippen molar-refractivity contribution in [2.75, 3.05) is 0 Å². The number of nitrogens with zero attached hydrogens (tertiary/aromatic N) is 3. The minimum absolute atomic E-state index is 0.0252. The molecule has 4 nitrogen and oxygen atoms in total. The van der Waals surface area contributed by atoms with Gasteiger partial charge in [-0.05, 0) is 60.5 Å². The fourth-order valence-electron chi connectivity index (χ4n) is 4.55. The highest BCUT2D eigenvalue weighted by atomic mass is 19.4. The number of H-pyrrole nitrogens is 1. The Morgan fingerprint density at radius 2 is 1.68 bits per heavy atom. The highest BCUT2D eigenvalue weighted by Gasteiger charge is 2.34. The van der Waals surface area contributed by atoms with Gasteiger partial charge in [0.15, 0.2) is 11.6 Å². The van der Waals surface area contributed by atoms with E-state index in [0.717, 1.165) is 17.7 Å². The Hall–Kier alpha value is -4.53. The van der Waals surface area contributed by atoms with Crippen LogP contribution in [-0.2, 0) is 6.18 Å². The van der Waals surface area contributed by atoms with Crippen LogP contribution in [0.15, 0.2) is 79.1 Å². The zero-order valence-electron chi connectivity index (χ0n) is 19.2. The predicted molar refractivity (Wildman–Crippen MR) is 131 cm³/mol. The van der Waals surface area contributed by atoms with Gasteiger partial charge in [0.05, 0.1) is 33.9 Å². The number of hydrogen-bond donors (Lipinski definition) is 1. The third-order valence-corrected chi connectivity index (χ3v) is 6.29. The van der Waals surface area contributed by atoms with Crippen LogP contribution in [0.2, 0.25) is 0 Å². The number of alkyl halides is 3. The van der Waals surface area contributed by atoms with Crippen molar-refractivity contribution in [1.82, 2.24) is 19.4 Å². The van der Waals surface area contributed by atoms with Gasteiger partial charge in [0.25, 0.3) is 0 Å². The van der Waals surface area contributed by atoms with Gasteiger partial charge in [-0.1, -0.05) is 24.3 Å². The monoisotopic (exact) mass is 504 g/mol. The molecule has 6 aromatic rings. The number of hydrogen-bond acceptors (Lipinski definition) is 2. The molecule has 0 amide bonds. The second-order valence-electron chi connectivity index (χ2n) is 8.72. The van der Waals surface area contributed by atoms with Crippen molar-refractivity contribution < 1.29 is 22.0 Å². The fourth-order valence-corrected chi connectivity index (χ4v) is 4.55. The molecule has 184 valence electrons. The number of aromatic amines is 1. The van der Waals surface area contributed by atoms with Gasteiger partial charge >= 0.3 is 6.18 Å². The van der Waals surface area contributed by atoms with Gasteiger partial charge in [-0.15, -0.1) is 0 Å². The van der Waals surface area contributed by atoms with Crippen LogP contribution in [0.1, 0.15) is 11.1 Å². The Balaban J connectivity index is 1.54. The van der Waals surface area contributed by atoms with Crippen LogP contribution in [0.25, 0.3) is 50.5 Å². The van der Waals surface area contributed by atoms with Crippen LogP contribution in [0.3, 0.4) is 0 Å². The van der Waals surface area contributed by atoms with E-state index in [2.05, 4.69) is 15.0 Å². The quantitative estimate of drug-likeness (QED) is 0.250. The second kappa shape index (κ2) is 8.26. The Morgan fingerprint density at radius 1 is 0.865 bits per heavy atom. The summed E-state index contributed by atoms with van der Waals surface area (Å²) >= 11 is 0. The van der Waals surface area contributed by atoms with Gasteiger partial charge < -0.3 is 4.98 Å². The zero-order chi connectivity index (χ0) is 25.9. The first kappa shape index (κ1) is 22.9. The van der Waals surface area contributed by atoms with Gasteiger partial charge in [0.1, 0.15) is 11.6 Å². The van der Waals surface area contributed by atoms with E-state index < -0.39 is 23.4 Å². The lowest BCUT2D eigenvalue weighted by Crippen LogP contribution is -2.08. The first-order valence-corrected chi connectivity index (χ1v) is 11.3. The van der Waals surface area contributed by atoms with E-state index >= 15 is 0 Å². The molecule has 0 atom stereocenters. The summed E-state index contributed by atoms with van der Waals surface area (Å²) in [6.45, 7) is 1.89. The van der Waals surface area contributed by atoms with Crippen LogP contribution in [-0.4, -0.2) is 19.4 Å². The second-order valence-corrected chi connectivity index (χ2v) is 8.72. The largest absolute Gasteiger partial charge is 0.417 e. The maximum Gasteiger partial charge on any atom is 0.417 e. The SMILES string of the molecule is Cc1ccc2nc(-c3cc(-c4cccn5c(-c6cccc(F)c6F)ncc45)ccc3C(F)(F)F)[nH]c2c1. The highest BCUT2D eigenvalue weighted by Crippen LogP contribution is 2.40. The third kappa shape index (κ3) is 3.83. The first-order chi connectivity index (χ1) is 17.7. The summed E-state index contributed by atoms with van der Waals surface area (Å²) in [4.78, 5) is 11.7. The average molecular weight is 504 g/mol. The molecular weight excluding hydrogens is 487 g/mol. The smallest absolute Gasteiger partial charge is 0.338 e. The van der Waals surface area contributed by atoms with E-state index in [4.69, 9.17) is 0 Å². The minimum Gasteiger partial charge on any atom is -0.338 e. The molecule has 1 N–H and O–H groups in total. The molecule has 0 aliphatic rings. The van der Waals surface area contributed by atoms with Gasteiger partial charge in [0.2, 0.25) is 0 Å². The lowest BCUT2D eigenvalue weighted by molar-refractivity contribution is -0.137.